The average Bonchev–Trinajstić information content (AvgIpc) is 2.42. The van der Waals surface area contributed by atoms with Gasteiger partial charge in [-0.05, 0) is 25.1 Å². The molecule has 6 nitrogen and oxygen atoms in total. The van der Waals surface area contributed by atoms with Crippen LogP contribution in [0.4, 0.5) is 15.8 Å². The van der Waals surface area contributed by atoms with Crippen molar-refractivity contribution in [1.29, 1.82) is 0 Å². The maximum absolute atomic E-state index is 13.8. The Morgan fingerprint density at radius 3 is 2.81 bits per heavy atom. The number of carbonyl (C=O) groups excluding carboxylic acids is 2. The van der Waals surface area contributed by atoms with Crippen LogP contribution in [-0.4, -0.2) is 37.1 Å². The van der Waals surface area contributed by atoms with Crippen molar-refractivity contribution < 1.29 is 18.7 Å². The van der Waals surface area contributed by atoms with Crippen molar-refractivity contribution in [3.8, 4) is 0 Å². The molecule has 3 N–H and O–H groups in total. The monoisotopic (exact) mass is 295 g/mol. The number of amides is 2. The van der Waals surface area contributed by atoms with Crippen molar-refractivity contribution in [3.63, 3.8) is 0 Å². The molecule has 1 aliphatic heterocycles. The fourth-order valence-electron chi connectivity index (χ4n) is 2.14. The van der Waals surface area contributed by atoms with Gasteiger partial charge in [-0.15, -0.1) is 0 Å². The molecule has 0 radical (unpaired) electrons. The third-order valence-electron chi connectivity index (χ3n) is 3.14. The van der Waals surface area contributed by atoms with Crippen LogP contribution >= 0.6 is 0 Å². The van der Waals surface area contributed by atoms with Gasteiger partial charge in [0, 0.05) is 19.2 Å². The molecule has 114 valence electrons. The molecule has 1 heterocycles. The second kappa shape index (κ2) is 6.64. The number of anilines is 2. The molecule has 1 fully saturated rings. The highest BCUT2D eigenvalue weighted by Crippen LogP contribution is 2.20. The number of hydrogen-bond donors (Lipinski definition) is 3. The van der Waals surface area contributed by atoms with Crippen molar-refractivity contribution in [2.24, 2.45) is 0 Å². The van der Waals surface area contributed by atoms with Gasteiger partial charge in [0.15, 0.2) is 0 Å². The number of carbonyl (C=O) groups is 2. The quantitative estimate of drug-likeness (QED) is 0.780. The Kier molecular flexibility index (Phi) is 4.87. The van der Waals surface area contributed by atoms with Crippen molar-refractivity contribution in [2.75, 3.05) is 23.8 Å². The molecule has 7 heteroatoms. The number of nitrogens with one attached hydrogen (secondary N) is 3. The van der Waals surface area contributed by atoms with Gasteiger partial charge in [0.05, 0.1) is 18.4 Å². The molecule has 2 rings (SSSR count). The summed E-state index contributed by atoms with van der Waals surface area (Å²) < 4.78 is 19.1. The molecule has 0 aliphatic carbocycles. The molecule has 0 aromatic heterocycles. The number of ether oxygens (including phenoxy) is 1. The van der Waals surface area contributed by atoms with E-state index in [1.165, 1.54) is 25.1 Å². The zero-order valence-corrected chi connectivity index (χ0v) is 11.9. The number of benzene rings is 1. The Morgan fingerprint density at radius 2 is 2.14 bits per heavy atom. The standard InChI is InChI=1S/C14H18FN3O3/c1-8-13(16-5-6-21-8)14(20)18-12-7-10(17-9(2)19)3-4-11(12)15/h3-4,7-8,13,16H,5-6H2,1-2H3,(H,17,19)(H,18,20)/t8-,13+/m1/s1. The first-order valence-electron chi connectivity index (χ1n) is 6.70. The molecule has 1 aromatic carbocycles. The Morgan fingerprint density at radius 1 is 1.38 bits per heavy atom. The SMILES string of the molecule is CC(=O)Nc1ccc(F)c(NC(=O)[C@H]2NCCO[C@@H]2C)c1. The smallest absolute Gasteiger partial charge is 0.244 e. The van der Waals surface area contributed by atoms with Gasteiger partial charge in [0.2, 0.25) is 11.8 Å². The van der Waals surface area contributed by atoms with E-state index in [9.17, 15) is 14.0 Å². The number of hydrogen-bond acceptors (Lipinski definition) is 4. The van der Waals surface area contributed by atoms with Crippen molar-refractivity contribution >= 4 is 23.2 Å². The fraction of sp³-hybridized carbons (Fsp3) is 0.429. The number of rotatable bonds is 3. The lowest BCUT2D eigenvalue weighted by atomic mass is 10.1. The Bertz CT molecular complexity index is 550. The maximum Gasteiger partial charge on any atom is 0.244 e. The predicted molar refractivity (Wildman–Crippen MR) is 76.5 cm³/mol. The average molecular weight is 295 g/mol. The first-order valence-corrected chi connectivity index (χ1v) is 6.70. The Balaban J connectivity index is 2.10. The molecule has 0 spiro atoms. The van der Waals surface area contributed by atoms with Crippen LogP contribution in [0.3, 0.4) is 0 Å². The summed E-state index contributed by atoms with van der Waals surface area (Å²) in [6, 6.07) is 3.46. The summed E-state index contributed by atoms with van der Waals surface area (Å²) in [6.45, 7) is 4.24. The molecule has 1 aliphatic rings. The number of halogens is 1. The third-order valence-corrected chi connectivity index (χ3v) is 3.14. The Hall–Kier alpha value is -1.99. The second-order valence-electron chi connectivity index (χ2n) is 4.87. The van der Waals surface area contributed by atoms with Crippen LogP contribution in [0.15, 0.2) is 18.2 Å². The molecule has 21 heavy (non-hydrogen) atoms. The summed E-state index contributed by atoms with van der Waals surface area (Å²) >= 11 is 0. The van der Waals surface area contributed by atoms with Gasteiger partial charge < -0.3 is 20.7 Å². The Labute approximate surface area is 122 Å². The van der Waals surface area contributed by atoms with Crippen LogP contribution in [0, 0.1) is 5.82 Å². The van der Waals surface area contributed by atoms with E-state index in [4.69, 9.17) is 4.74 Å². The summed E-state index contributed by atoms with van der Waals surface area (Å²) in [7, 11) is 0. The van der Waals surface area contributed by atoms with E-state index in [1.807, 2.05) is 0 Å². The molecule has 2 amide bonds. The topological polar surface area (TPSA) is 79.5 Å². The molecule has 0 bridgehead atoms. The van der Waals surface area contributed by atoms with Gasteiger partial charge in [-0.25, -0.2) is 4.39 Å². The van der Waals surface area contributed by atoms with E-state index in [2.05, 4.69) is 16.0 Å². The first kappa shape index (κ1) is 15.4. The van der Waals surface area contributed by atoms with Gasteiger partial charge in [0.25, 0.3) is 0 Å². The van der Waals surface area contributed by atoms with E-state index >= 15 is 0 Å². The minimum atomic E-state index is -0.568. The highest BCUT2D eigenvalue weighted by atomic mass is 19.1. The van der Waals surface area contributed by atoms with Crippen LogP contribution in [0.2, 0.25) is 0 Å². The molecular formula is C14H18FN3O3. The van der Waals surface area contributed by atoms with E-state index in [0.717, 1.165) is 0 Å². The van der Waals surface area contributed by atoms with Crippen LogP contribution in [0.25, 0.3) is 0 Å². The summed E-state index contributed by atoms with van der Waals surface area (Å²) in [5.74, 6) is -1.21. The highest BCUT2D eigenvalue weighted by Gasteiger charge is 2.28. The molecule has 0 unspecified atom stereocenters. The van der Waals surface area contributed by atoms with Gasteiger partial charge in [0.1, 0.15) is 11.9 Å². The van der Waals surface area contributed by atoms with Crippen LogP contribution in [-0.2, 0) is 14.3 Å². The first-order chi connectivity index (χ1) is 9.97. The van der Waals surface area contributed by atoms with Crippen LogP contribution < -0.4 is 16.0 Å². The summed E-state index contributed by atoms with van der Waals surface area (Å²) in [5, 5.41) is 8.08. The van der Waals surface area contributed by atoms with Crippen LogP contribution in [0.5, 0.6) is 0 Å². The molecule has 0 saturated carbocycles. The second-order valence-corrected chi connectivity index (χ2v) is 4.87. The molecule has 1 aromatic rings. The maximum atomic E-state index is 13.8. The van der Waals surface area contributed by atoms with Crippen molar-refractivity contribution in [3.05, 3.63) is 24.0 Å². The molecule has 2 atom stereocenters. The van der Waals surface area contributed by atoms with E-state index < -0.39 is 11.9 Å². The molecular weight excluding hydrogens is 277 g/mol. The lowest BCUT2D eigenvalue weighted by molar-refractivity contribution is -0.123. The van der Waals surface area contributed by atoms with Gasteiger partial charge in [-0.3, -0.25) is 9.59 Å². The van der Waals surface area contributed by atoms with Gasteiger partial charge in [-0.2, -0.15) is 0 Å². The third kappa shape index (κ3) is 3.99. The van der Waals surface area contributed by atoms with Gasteiger partial charge >= 0.3 is 0 Å². The zero-order valence-electron chi connectivity index (χ0n) is 11.9. The lowest BCUT2D eigenvalue weighted by Gasteiger charge is -2.29. The summed E-state index contributed by atoms with van der Waals surface area (Å²) in [5.41, 5.74) is 0.436. The minimum absolute atomic E-state index is 0.0193. The lowest BCUT2D eigenvalue weighted by Crippen LogP contribution is -2.53. The predicted octanol–water partition coefficient (Wildman–Crippen LogP) is 1.10. The largest absolute Gasteiger partial charge is 0.375 e. The van der Waals surface area contributed by atoms with E-state index in [-0.39, 0.29) is 23.6 Å². The zero-order chi connectivity index (χ0) is 15.4. The highest BCUT2D eigenvalue weighted by molar-refractivity contribution is 5.96. The van der Waals surface area contributed by atoms with Crippen LogP contribution in [0.1, 0.15) is 13.8 Å². The summed E-state index contributed by atoms with van der Waals surface area (Å²) in [4.78, 5) is 23.2. The summed E-state index contributed by atoms with van der Waals surface area (Å²) in [6.07, 6.45) is -0.291. The van der Waals surface area contributed by atoms with Crippen molar-refractivity contribution in [2.45, 2.75) is 26.0 Å². The fourth-order valence-corrected chi connectivity index (χ4v) is 2.14. The van der Waals surface area contributed by atoms with Gasteiger partial charge in [-0.1, -0.05) is 0 Å². The molecule has 1 saturated heterocycles. The normalized spacial score (nSPS) is 21.7. The van der Waals surface area contributed by atoms with E-state index in [0.29, 0.717) is 18.8 Å². The minimum Gasteiger partial charge on any atom is -0.375 e. The van der Waals surface area contributed by atoms with E-state index in [1.54, 1.807) is 6.92 Å². The van der Waals surface area contributed by atoms with Crippen molar-refractivity contribution in [1.82, 2.24) is 5.32 Å². The number of morpholine rings is 1.